The number of carboxylic acids is 1. The highest BCUT2D eigenvalue weighted by Crippen LogP contribution is 2.25. The molecule has 9 nitrogen and oxygen atoms in total. The van der Waals surface area contributed by atoms with Crippen molar-refractivity contribution in [2.75, 3.05) is 19.6 Å². The zero-order valence-electron chi connectivity index (χ0n) is 21.4. The summed E-state index contributed by atoms with van der Waals surface area (Å²) < 4.78 is 46.3. The van der Waals surface area contributed by atoms with Crippen LogP contribution in [0.25, 0.3) is 0 Å². The molecule has 1 aliphatic heterocycles. The molecule has 1 saturated carbocycles. The van der Waals surface area contributed by atoms with Gasteiger partial charge in [0.25, 0.3) is 11.5 Å². The Labute approximate surface area is 221 Å². The Bertz CT molecular complexity index is 1260. The zero-order valence-corrected chi connectivity index (χ0v) is 21.4. The first-order valence-corrected chi connectivity index (χ1v) is 12.7. The molecular weight excluding hydrogens is 524 g/mol. The SMILES string of the molecule is CCc1cc(Cc2ccc(F)c(C(=O)N3CCN(C4CCCCC4)C(=O)C3)c2)n[nH]c1=O.O=C(O)C(F)(F)F. The van der Waals surface area contributed by atoms with Gasteiger partial charge in [-0.05, 0) is 43.0 Å². The highest BCUT2D eigenvalue weighted by Gasteiger charge is 2.38. The van der Waals surface area contributed by atoms with Crippen molar-refractivity contribution >= 4 is 17.8 Å². The maximum Gasteiger partial charge on any atom is 0.490 e. The van der Waals surface area contributed by atoms with Gasteiger partial charge >= 0.3 is 12.1 Å². The largest absolute Gasteiger partial charge is 0.490 e. The number of hydrogen-bond donors (Lipinski definition) is 2. The first-order valence-electron chi connectivity index (χ1n) is 12.7. The number of benzene rings is 1. The van der Waals surface area contributed by atoms with Crippen molar-refractivity contribution in [3.63, 3.8) is 0 Å². The van der Waals surface area contributed by atoms with Crippen LogP contribution in [0.1, 0.15) is 66.2 Å². The maximum absolute atomic E-state index is 14.5. The molecule has 212 valence electrons. The highest BCUT2D eigenvalue weighted by molar-refractivity contribution is 5.97. The first kappa shape index (κ1) is 29.8. The summed E-state index contributed by atoms with van der Waals surface area (Å²) in [6.07, 6.45) is 1.40. The van der Waals surface area contributed by atoms with Crippen LogP contribution in [0.5, 0.6) is 0 Å². The topological polar surface area (TPSA) is 124 Å². The minimum atomic E-state index is -5.08. The van der Waals surface area contributed by atoms with Crippen LogP contribution in [-0.4, -0.2) is 74.7 Å². The molecule has 1 aromatic heterocycles. The molecule has 0 unspecified atom stereocenters. The fourth-order valence-corrected chi connectivity index (χ4v) is 4.71. The number of aryl methyl sites for hydroxylation is 1. The molecule has 2 heterocycles. The van der Waals surface area contributed by atoms with E-state index in [1.165, 1.54) is 23.5 Å². The quantitative estimate of drug-likeness (QED) is 0.547. The summed E-state index contributed by atoms with van der Waals surface area (Å²) in [4.78, 5) is 49.7. The van der Waals surface area contributed by atoms with Gasteiger partial charge in [0, 0.05) is 31.1 Å². The van der Waals surface area contributed by atoms with Crippen LogP contribution in [0.3, 0.4) is 0 Å². The lowest BCUT2D eigenvalue weighted by Crippen LogP contribution is -2.55. The molecule has 1 aromatic carbocycles. The van der Waals surface area contributed by atoms with Gasteiger partial charge in [-0.1, -0.05) is 32.3 Å². The third-order valence-electron chi connectivity index (χ3n) is 6.76. The van der Waals surface area contributed by atoms with Crippen LogP contribution in [0.4, 0.5) is 17.6 Å². The van der Waals surface area contributed by atoms with E-state index in [2.05, 4.69) is 10.2 Å². The van der Waals surface area contributed by atoms with Gasteiger partial charge in [0.2, 0.25) is 5.91 Å². The third kappa shape index (κ3) is 7.87. The molecule has 13 heteroatoms. The summed E-state index contributed by atoms with van der Waals surface area (Å²) in [5.41, 5.74) is 1.72. The molecule has 1 saturated heterocycles. The second-order valence-electron chi connectivity index (χ2n) is 9.47. The van der Waals surface area contributed by atoms with Gasteiger partial charge in [-0.15, -0.1) is 0 Å². The number of piperazine rings is 1. The maximum atomic E-state index is 14.5. The number of halogens is 4. The van der Waals surface area contributed by atoms with Crippen LogP contribution in [0.15, 0.2) is 29.1 Å². The van der Waals surface area contributed by atoms with Crippen LogP contribution < -0.4 is 5.56 Å². The number of amides is 2. The van der Waals surface area contributed by atoms with E-state index in [9.17, 15) is 31.9 Å². The summed E-state index contributed by atoms with van der Waals surface area (Å²) in [7, 11) is 0. The fourth-order valence-electron chi connectivity index (χ4n) is 4.71. The fraction of sp³-hybridized carbons (Fsp3) is 0.500. The molecule has 2 fully saturated rings. The van der Waals surface area contributed by atoms with E-state index in [4.69, 9.17) is 9.90 Å². The number of aromatic amines is 1. The number of carboxylic acid groups (broad SMARTS) is 1. The van der Waals surface area contributed by atoms with Crippen LogP contribution in [-0.2, 0) is 22.4 Å². The number of rotatable bonds is 5. The predicted octanol–water partition coefficient (Wildman–Crippen LogP) is 3.31. The molecule has 0 spiro atoms. The summed E-state index contributed by atoms with van der Waals surface area (Å²) in [5, 5.41) is 13.7. The number of aliphatic carboxylic acids is 1. The molecule has 39 heavy (non-hydrogen) atoms. The standard InChI is InChI=1S/C24H29FN4O3.C2HF3O2/c1-2-17-14-18(26-27-23(17)31)12-16-8-9-21(25)20(13-16)24(32)28-10-11-29(22(30)15-28)19-6-4-3-5-7-19;3-2(4,5)1(6)7/h8-9,13-14,19H,2-7,10-12,15H2,1H3,(H,27,31);(H,6,7). The third-order valence-corrected chi connectivity index (χ3v) is 6.76. The number of nitrogens with one attached hydrogen (secondary N) is 1. The molecule has 0 bridgehead atoms. The highest BCUT2D eigenvalue weighted by atomic mass is 19.4. The Morgan fingerprint density at radius 1 is 1.10 bits per heavy atom. The van der Waals surface area contributed by atoms with E-state index in [-0.39, 0.29) is 29.6 Å². The predicted molar refractivity (Wildman–Crippen MR) is 132 cm³/mol. The second kappa shape index (κ2) is 12.9. The number of nitrogens with zero attached hydrogens (tertiary/aromatic N) is 3. The Morgan fingerprint density at radius 3 is 2.36 bits per heavy atom. The van der Waals surface area contributed by atoms with Crippen LogP contribution in [0, 0.1) is 5.82 Å². The number of carbonyl (C=O) groups is 3. The molecule has 0 atom stereocenters. The lowest BCUT2D eigenvalue weighted by atomic mass is 9.93. The van der Waals surface area contributed by atoms with E-state index < -0.39 is 23.9 Å². The summed E-state index contributed by atoms with van der Waals surface area (Å²) in [5.74, 6) is -3.89. The summed E-state index contributed by atoms with van der Waals surface area (Å²) in [6.45, 7) is 2.78. The smallest absolute Gasteiger partial charge is 0.475 e. The second-order valence-corrected chi connectivity index (χ2v) is 9.47. The zero-order chi connectivity index (χ0) is 28.7. The first-order chi connectivity index (χ1) is 18.4. The van der Waals surface area contributed by atoms with Crippen molar-refractivity contribution in [3.05, 3.63) is 62.8 Å². The van der Waals surface area contributed by atoms with Gasteiger partial charge in [-0.25, -0.2) is 14.3 Å². The van der Waals surface area contributed by atoms with E-state index >= 15 is 0 Å². The molecular formula is C26H30F4N4O5. The molecule has 2 N–H and O–H groups in total. The molecule has 1 aliphatic carbocycles. The molecule has 2 aromatic rings. The Hall–Kier alpha value is -3.77. The van der Waals surface area contributed by atoms with E-state index in [1.54, 1.807) is 12.1 Å². The van der Waals surface area contributed by atoms with Crippen molar-refractivity contribution < 1.29 is 37.1 Å². The van der Waals surface area contributed by atoms with Gasteiger partial charge in [-0.3, -0.25) is 14.4 Å². The van der Waals surface area contributed by atoms with Crippen LogP contribution in [0.2, 0.25) is 0 Å². The van der Waals surface area contributed by atoms with Crippen LogP contribution >= 0.6 is 0 Å². The molecule has 0 radical (unpaired) electrons. The number of alkyl halides is 3. The monoisotopic (exact) mass is 554 g/mol. The van der Waals surface area contributed by atoms with Crippen molar-refractivity contribution in [1.82, 2.24) is 20.0 Å². The summed E-state index contributed by atoms with van der Waals surface area (Å²) >= 11 is 0. The van der Waals surface area contributed by atoms with Gasteiger partial charge in [-0.2, -0.15) is 18.3 Å². The molecule has 4 rings (SSSR count). The van der Waals surface area contributed by atoms with Gasteiger partial charge in [0.15, 0.2) is 0 Å². The van der Waals surface area contributed by atoms with E-state index in [1.807, 2.05) is 11.8 Å². The van der Waals surface area contributed by atoms with Crippen molar-refractivity contribution in [2.24, 2.45) is 0 Å². The summed E-state index contributed by atoms with van der Waals surface area (Å²) in [6, 6.07) is 6.40. The Morgan fingerprint density at radius 2 is 1.77 bits per heavy atom. The Balaban J connectivity index is 0.000000532. The average molecular weight is 555 g/mol. The van der Waals surface area contributed by atoms with Gasteiger partial charge < -0.3 is 14.9 Å². The van der Waals surface area contributed by atoms with E-state index in [0.717, 1.165) is 25.7 Å². The normalized spacial score (nSPS) is 16.5. The van der Waals surface area contributed by atoms with Crippen molar-refractivity contribution in [2.45, 2.75) is 64.1 Å². The number of aromatic nitrogens is 2. The van der Waals surface area contributed by atoms with Gasteiger partial charge in [0.05, 0.1) is 11.3 Å². The number of hydrogen-bond acceptors (Lipinski definition) is 5. The average Bonchev–Trinajstić information content (AvgIpc) is 2.90. The molecule has 2 aliphatic rings. The minimum absolute atomic E-state index is 0.0136. The molecule has 2 amide bonds. The lowest BCUT2D eigenvalue weighted by Gasteiger charge is -2.40. The van der Waals surface area contributed by atoms with E-state index in [0.29, 0.717) is 42.8 Å². The number of carbonyl (C=O) groups excluding carboxylic acids is 2. The van der Waals surface area contributed by atoms with Gasteiger partial charge in [0.1, 0.15) is 12.4 Å². The lowest BCUT2D eigenvalue weighted by molar-refractivity contribution is -0.192. The minimum Gasteiger partial charge on any atom is -0.475 e. The Kier molecular flexibility index (Phi) is 9.81. The van der Waals surface area contributed by atoms with Crippen molar-refractivity contribution in [1.29, 1.82) is 0 Å². The number of H-pyrrole nitrogens is 1. The van der Waals surface area contributed by atoms with Crippen molar-refractivity contribution in [3.8, 4) is 0 Å².